The molecule has 1 aliphatic heterocycles. The van der Waals surface area contributed by atoms with Crippen molar-refractivity contribution in [2.75, 3.05) is 38.0 Å². The summed E-state index contributed by atoms with van der Waals surface area (Å²) >= 11 is 0. The normalized spacial score (nSPS) is 14.8. The number of hydrogen-bond acceptors (Lipinski definition) is 7. The van der Waals surface area contributed by atoms with Gasteiger partial charge in [0.1, 0.15) is 0 Å². The zero-order chi connectivity index (χ0) is 19.9. The topological polar surface area (TPSA) is 105 Å². The summed E-state index contributed by atoms with van der Waals surface area (Å²) in [4.78, 5) is 26.8. The molecule has 28 heavy (non-hydrogen) atoms. The molecule has 1 aliphatic rings. The Hall–Kier alpha value is -2.94. The van der Waals surface area contributed by atoms with Crippen molar-refractivity contribution in [2.45, 2.75) is 26.3 Å². The van der Waals surface area contributed by atoms with E-state index in [0.717, 1.165) is 49.9 Å². The van der Waals surface area contributed by atoms with Crippen LogP contribution in [0.25, 0.3) is 0 Å². The van der Waals surface area contributed by atoms with Gasteiger partial charge in [-0.05, 0) is 25.5 Å². The lowest BCUT2D eigenvalue weighted by molar-refractivity contribution is -0.384. The van der Waals surface area contributed by atoms with E-state index >= 15 is 0 Å². The molecule has 1 amide bonds. The van der Waals surface area contributed by atoms with Crippen LogP contribution in [0.15, 0.2) is 34.9 Å². The molecule has 0 radical (unpaired) electrons. The Morgan fingerprint density at radius 2 is 1.96 bits per heavy atom. The van der Waals surface area contributed by atoms with Gasteiger partial charge in [-0.25, -0.2) is 0 Å². The zero-order valence-corrected chi connectivity index (χ0v) is 16.0. The van der Waals surface area contributed by atoms with Crippen molar-refractivity contribution in [1.29, 1.82) is 0 Å². The standard InChI is InChI=1S/C19H25N5O4/c1-15-13-18(28-21-15)14-22-9-11-23(12-10-22)19(25)3-2-8-20-16-4-6-17(7-5-16)24(26)27/h4-7,13,20H,2-3,8-12,14H2,1H3. The molecule has 9 heteroatoms. The summed E-state index contributed by atoms with van der Waals surface area (Å²) in [7, 11) is 0. The van der Waals surface area contributed by atoms with Gasteiger partial charge < -0.3 is 14.7 Å². The van der Waals surface area contributed by atoms with E-state index < -0.39 is 4.92 Å². The van der Waals surface area contributed by atoms with Gasteiger partial charge in [-0.15, -0.1) is 0 Å². The van der Waals surface area contributed by atoms with Gasteiger partial charge in [-0.2, -0.15) is 0 Å². The molecular weight excluding hydrogens is 362 g/mol. The molecular formula is C19H25N5O4. The SMILES string of the molecule is Cc1cc(CN2CCN(C(=O)CCCNc3ccc([N+](=O)[O-])cc3)CC2)on1. The Balaban J connectivity index is 1.32. The van der Waals surface area contributed by atoms with Crippen LogP contribution in [0.5, 0.6) is 0 Å². The van der Waals surface area contributed by atoms with Crippen LogP contribution in [0, 0.1) is 17.0 Å². The highest BCUT2D eigenvalue weighted by Gasteiger charge is 2.21. The summed E-state index contributed by atoms with van der Waals surface area (Å²) in [6.07, 6.45) is 1.20. The predicted octanol–water partition coefficient (Wildman–Crippen LogP) is 2.43. The molecule has 0 atom stereocenters. The number of carbonyl (C=O) groups is 1. The molecule has 9 nitrogen and oxygen atoms in total. The summed E-state index contributed by atoms with van der Waals surface area (Å²) in [5, 5.41) is 17.7. The Morgan fingerprint density at radius 1 is 1.25 bits per heavy atom. The molecule has 1 N–H and O–H groups in total. The number of aryl methyl sites for hydroxylation is 1. The maximum atomic E-state index is 12.4. The molecule has 150 valence electrons. The average molecular weight is 387 g/mol. The number of non-ortho nitro benzene ring substituents is 1. The molecule has 1 fully saturated rings. The number of rotatable bonds is 8. The summed E-state index contributed by atoms with van der Waals surface area (Å²) in [6.45, 7) is 6.37. The van der Waals surface area contributed by atoms with Gasteiger partial charge in [0.05, 0.1) is 17.2 Å². The lowest BCUT2D eigenvalue weighted by atomic mass is 10.2. The molecule has 1 aromatic heterocycles. The van der Waals surface area contributed by atoms with Crippen molar-refractivity contribution >= 4 is 17.3 Å². The first-order valence-corrected chi connectivity index (χ1v) is 9.42. The number of nitrogens with one attached hydrogen (secondary N) is 1. The van der Waals surface area contributed by atoms with Crippen LogP contribution in [0.1, 0.15) is 24.3 Å². The van der Waals surface area contributed by atoms with E-state index in [-0.39, 0.29) is 11.6 Å². The van der Waals surface area contributed by atoms with Gasteiger partial charge in [-0.1, -0.05) is 5.16 Å². The van der Waals surface area contributed by atoms with Gasteiger partial charge in [0.25, 0.3) is 5.69 Å². The Labute approximate surface area is 163 Å². The molecule has 0 aliphatic carbocycles. The number of anilines is 1. The first-order chi connectivity index (χ1) is 13.5. The fourth-order valence-electron chi connectivity index (χ4n) is 3.20. The first-order valence-electron chi connectivity index (χ1n) is 9.42. The molecule has 2 aromatic rings. The quantitative estimate of drug-likeness (QED) is 0.421. The highest BCUT2D eigenvalue weighted by molar-refractivity contribution is 5.76. The van der Waals surface area contributed by atoms with Gasteiger partial charge >= 0.3 is 0 Å². The molecule has 0 spiro atoms. The molecule has 1 aromatic carbocycles. The van der Waals surface area contributed by atoms with Gasteiger partial charge in [0, 0.05) is 63.0 Å². The van der Waals surface area contributed by atoms with Crippen LogP contribution in [0.3, 0.4) is 0 Å². The Kier molecular flexibility index (Phi) is 6.59. The van der Waals surface area contributed by atoms with Crippen LogP contribution in [0.4, 0.5) is 11.4 Å². The summed E-state index contributed by atoms with van der Waals surface area (Å²) in [5.74, 6) is 1.02. The Bertz CT molecular complexity index is 797. The number of nitro groups is 1. The summed E-state index contributed by atoms with van der Waals surface area (Å²) < 4.78 is 5.25. The molecule has 0 bridgehead atoms. The van der Waals surface area contributed by atoms with E-state index in [1.54, 1.807) is 12.1 Å². The number of carbonyl (C=O) groups excluding carboxylic acids is 1. The first kappa shape index (κ1) is 19.8. The van der Waals surface area contributed by atoms with Crippen LogP contribution < -0.4 is 5.32 Å². The van der Waals surface area contributed by atoms with Gasteiger partial charge in [0.2, 0.25) is 5.91 Å². The number of piperazine rings is 1. The maximum Gasteiger partial charge on any atom is 0.269 e. The van der Waals surface area contributed by atoms with Crippen molar-refractivity contribution in [3.05, 3.63) is 51.9 Å². The molecule has 0 saturated carbocycles. The number of nitro benzene ring substituents is 1. The average Bonchev–Trinajstić information content (AvgIpc) is 3.10. The third-order valence-corrected chi connectivity index (χ3v) is 4.76. The monoisotopic (exact) mass is 387 g/mol. The second-order valence-electron chi connectivity index (χ2n) is 6.93. The number of amides is 1. The Morgan fingerprint density at radius 3 is 2.57 bits per heavy atom. The van der Waals surface area contributed by atoms with Crippen LogP contribution >= 0.6 is 0 Å². The predicted molar refractivity (Wildman–Crippen MR) is 104 cm³/mol. The second-order valence-corrected chi connectivity index (χ2v) is 6.93. The van der Waals surface area contributed by atoms with E-state index in [9.17, 15) is 14.9 Å². The largest absolute Gasteiger partial charge is 0.385 e. The summed E-state index contributed by atoms with van der Waals surface area (Å²) in [6, 6.07) is 8.22. The highest BCUT2D eigenvalue weighted by atomic mass is 16.6. The minimum absolute atomic E-state index is 0.0679. The maximum absolute atomic E-state index is 12.4. The minimum atomic E-state index is -0.422. The number of hydrogen-bond donors (Lipinski definition) is 1. The smallest absolute Gasteiger partial charge is 0.269 e. The van der Waals surface area contributed by atoms with Crippen LogP contribution in [-0.4, -0.2) is 58.5 Å². The van der Waals surface area contributed by atoms with E-state index in [2.05, 4.69) is 15.4 Å². The van der Waals surface area contributed by atoms with Gasteiger partial charge in [-0.3, -0.25) is 19.8 Å². The van der Waals surface area contributed by atoms with E-state index in [4.69, 9.17) is 4.52 Å². The molecule has 1 saturated heterocycles. The molecule has 0 unspecified atom stereocenters. The minimum Gasteiger partial charge on any atom is -0.385 e. The fraction of sp³-hybridized carbons (Fsp3) is 0.474. The number of benzene rings is 1. The van der Waals surface area contributed by atoms with Crippen molar-refractivity contribution in [1.82, 2.24) is 15.0 Å². The van der Waals surface area contributed by atoms with E-state index in [1.807, 2.05) is 17.9 Å². The molecule has 3 rings (SSSR count). The number of aromatic nitrogens is 1. The second kappa shape index (κ2) is 9.32. The van der Waals surface area contributed by atoms with Gasteiger partial charge in [0.15, 0.2) is 5.76 Å². The van der Waals surface area contributed by atoms with Crippen molar-refractivity contribution in [2.24, 2.45) is 0 Å². The van der Waals surface area contributed by atoms with E-state index in [0.29, 0.717) is 19.4 Å². The van der Waals surface area contributed by atoms with Crippen molar-refractivity contribution in [3.63, 3.8) is 0 Å². The fourth-order valence-corrected chi connectivity index (χ4v) is 3.20. The van der Waals surface area contributed by atoms with Crippen LogP contribution in [-0.2, 0) is 11.3 Å². The third-order valence-electron chi connectivity index (χ3n) is 4.76. The zero-order valence-electron chi connectivity index (χ0n) is 16.0. The lowest BCUT2D eigenvalue weighted by Gasteiger charge is -2.34. The van der Waals surface area contributed by atoms with Crippen molar-refractivity contribution in [3.8, 4) is 0 Å². The third kappa shape index (κ3) is 5.53. The van der Waals surface area contributed by atoms with Crippen LogP contribution in [0.2, 0.25) is 0 Å². The van der Waals surface area contributed by atoms with E-state index in [1.165, 1.54) is 12.1 Å². The highest BCUT2D eigenvalue weighted by Crippen LogP contribution is 2.15. The lowest BCUT2D eigenvalue weighted by Crippen LogP contribution is -2.48. The summed E-state index contributed by atoms with van der Waals surface area (Å²) in [5.41, 5.74) is 1.76. The number of nitrogens with zero attached hydrogens (tertiary/aromatic N) is 4. The van der Waals surface area contributed by atoms with Crippen molar-refractivity contribution < 1.29 is 14.2 Å². The molecule has 2 heterocycles.